The van der Waals surface area contributed by atoms with Crippen molar-refractivity contribution in [1.82, 2.24) is 15.0 Å². The Kier molecular flexibility index (Phi) is 6.31. The molecule has 1 aliphatic rings. The van der Waals surface area contributed by atoms with Gasteiger partial charge in [0, 0.05) is 41.9 Å². The molecule has 5 rings (SSSR count). The van der Waals surface area contributed by atoms with Crippen LogP contribution in [0.4, 0.5) is 18.9 Å². The van der Waals surface area contributed by atoms with Gasteiger partial charge in [-0.25, -0.2) is 31.6 Å². The molecular formula is C25H16ClF3N4O2S. The largest absolute Gasteiger partial charge is 0.260 e. The summed E-state index contributed by atoms with van der Waals surface area (Å²) in [5.41, 5.74) is 2.10. The molecule has 2 aromatic carbocycles. The molecule has 3 heterocycles. The molecule has 0 aliphatic carbocycles. The number of rotatable bonds is 6. The Hall–Kier alpha value is -3.63. The van der Waals surface area contributed by atoms with Gasteiger partial charge < -0.3 is 0 Å². The number of sulfone groups is 1. The number of aromatic nitrogens is 3. The Bertz CT molecular complexity index is 1640. The standard InChI is InChI=1S/C25H16ClF3N4O2S/c26-18-10-15(4-6-20(18)28)36(34,35)12-14-3-5-19(27)17(23(14)29)11-22-16(2-1-8-30-22)24-25-21(7-9-31-25)32-13-33-24/h1-6,8-10,13H,7,11-12H2. The number of benzene rings is 2. The molecule has 4 aromatic rings. The van der Waals surface area contributed by atoms with Gasteiger partial charge in [-0.15, -0.1) is 0 Å². The summed E-state index contributed by atoms with van der Waals surface area (Å²) in [4.78, 5) is 16.9. The van der Waals surface area contributed by atoms with E-state index in [1.54, 1.807) is 18.3 Å². The van der Waals surface area contributed by atoms with E-state index in [2.05, 4.69) is 19.9 Å². The molecule has 0 amide bonds. The van der Waals surface area contributed by atoms with E-state index in [-0.39, 0.29) is 27.5 Å². The van der Waals surface area contributed by atoms with E-state index in [0.717, 1.165) is 36.0 Å². The average Bonchev–Trinajstić information content (AvgIpc) is 3.35. The molecule has 11 heteroatoms. The lowest BCUT2D eigenvalue weighted by Gasteiger charge is -2.13. The van der Waals surface area contributed by atoms with Crippen LogP contribution in [0.2, 0.25) is 5.02 Å². The van der Waals surface area contributed by atoms with E-state index in [1.165, 1.54) is 12.5 Å². The highest BCUT2D eigenvalue weighted by Crippen LogP contribution is 2.35. The number of hydrogen-bond donors (Lipinski definition) is 0. The Morgan fingerprint density at radius 1 is 0.972 bits per heavy atom. The second-order valence-corrected chi connectivity index (χ2v) is 10.4. The second-order valence-electron chi connectivity index (χ2n) is 8.04. The first kappa shape index (κ1) is 24.1. The number of aliphatic imine (C=N–C) groups is 1. The molecule has 0 saturated carbocycles. The molecule has 6 nitrogen and oxygen atoms in total. The van der Waals surface area contributed by atoms with Crippen LogP contribution in [0.5, 0.6) is 0 Å². The zero-order chi connectivity index (χ0) is 25.4. The smallest absolute Gasteiger partial charge is 0.182 e. The molecule has 0 fully saturated rings. The summed E-state index contributed by atoms with van der Waals surface area (Å²) in [7, 11) is -4.10. The molecule has 36 heavy (non-hydrogen) atoms. The Morgan fingerprint density at radius 2 is 1.78 bits per heavy atom. The number of fused-ring (bicyclic) bond motifs is 1. The summed E-state index contributed by atoms with van der Waals surface area (Å²) in [5.74, 6) is -3.40. The topological polar surface area (TPSA) is 85.2 Å². The van der Waals surface area contributed by atoms with Crippen molar-refractivity contribution in [1.29, 1.82) is 0 Å². The summed E-state index contributed by atoms with van der Waals surface area (Å²) in [6, 6.07) is 8.40. The van der Waals surface area contributed by atoms with Crippen molar-refractivity contribution >= 4 is 33.3 Å². The van der Waals surface area contributed by atoms with Crippen LogP contribution in [0.3, 0.4) is 0 Å². The number of hydrogen-bond acceptors (Lipinski definition) is 6. The Labute approximate surface area is 209 Å². The molecule has 0 atom stereocenters. The van der Waals surface area contributed by atoms with Crippen molar-refractivity contribution in [3.63, 3.8) is 0 Å². The monoisotopic (exact) mass is 528 g/mol. The van der Waals surface area contributed by atoms with Gasteiger partial charge in [-0.1, -0.05) is 17.7 Å². The summed E-state index contributed by atoms with van der Waals surface area (Å²) >= 11 is 5.70. The fourth-order valence-electron chi connectivity index (χ4n) is 3.96. The van der Waals surface area contributed by atoms with Crippen LogP contribution in [0.15, 0.2) is 64.9 Å². The first-order valence-electron chi connectivity index (χ1n) is 10.7. The van der Waals surface area contributed by atoms with Crippen LogP contribution < -0.4 is 0 Å². The van der Waals surface area contributed by atoms with Gasteiger partial charge in [-0.05, 0) is 36.4 Å². The predicted molar refractivity (Wildman–Crippen MR) is 129 cm³/mol. The van der Waals surface area contributed by atoms with Crippen molar-refractivity contribution < 1.29 is 21.6 Å². The van der Waals surface area contributed by atoms with Gasteiger partial charge in [0.05, 0.1) is 27.1 Å². The molecule has 0 radical (unpaired) electrons. The number of halogens is 4. The quantitative estimate of drug-likeness (QED) is 0.311. The van der Waals surface area contributed by atoms with Crippen molar-refractivity contribution in [2.24, 2.45) is 4.99 Å². The fraction of sp³-hybridized carbons (Fsp3) is 0.120. The minimum Gasteiger partial charge on any atom is -0.260 e. The number of pyridine rings is 1. The molecule has 0 N–H and O–H groups in total. The highest BCUT2D eigenvalue weighted by Gasteiger charge is 2.24. The zero-order valence-corrected chi connectivity index (χ0v) is 20.0. The Morgan fingerprint density at radius 3 is 2.58 bits per heavy atom. The second kappa shape index (κ2) is 9.44. The molecule has 0 unspecified atom stereocenters. The predicted octanol–water partition coefficient (Wildman–Crippen LogP) is 5.43. The normalized spacial score (nSPS) is 12.7. The van der Waals surface area contributed by atoms with Crippen molar-refractivity contribution in [3.05, 3.63) is 100.0 Å². The lowest BCUT2D eigenvalue weighted by Crippen LogP contribution is -2.10. The molecule has 0 bridgehead atoms. The maximum Gasteiger partial charge on any atom is 0.182 e. The average molecular weight is 529 g/mol. The van der Waals surface area contributed by atoms with Gasteiger partial charge in [0.15, 0.2) is 9.84 Å². The third-order valence-corrected chi connectivity index (χ3v) is 7.71. The van der Waals surface area contributed by atoms with Crippen molar-refractivity contribution in [2.75, 3.05) is 0 Å². The lowest BCUT2D eigenvalue weighted by atomic mass is 9.99. The van der Waals surface area contributed by atoms with E-state index in [0.29, 0.717) is 29.1 Å². The van der Waals surface area contributed by atoms with Gasteiger partial charge in [0.25, 0.3) is 0 Å². The van der Waals surface area contributed by atoms with Gasteiger partial charge >= 0.3 is 0 Å². The first-order valence-corrected chi connectivity index (χ1v) is 12.7. The van der Waals surface area contributed by atoms with Gasteiger partial charge in [0.2, 0.25) is 0 Å². The summed E-state index contributed by atoms with van der Waals surface area (Å²) < 4.78 is 69.4. The van der Waals surface area contributed by atoms with Gasteiger partial charge in [-0.2, -0.15) is 0 Å². The van der Waals surface area contributed by atoms with Crippen LogP contribution in [0.25, 0.3) is 11.3 Å². The van der Waals surface area contributed by atoms with Crippen LogP contribution in [0.1, 0.15) is 22.5 Å². The maximum absolute atomic E-state index is 15.5. The highest BCUT2D eigenvalue weighted by atomic mass is 35.5. The summed E-state index contributed by atoms with van der Waals surface area (Å²) in [6.45, 7) is 0. The van der Waals surface area contributed by atoms with Crippen LogP contribution in [0, 0.1) is 17.5 Å². The molecule has 182 valence electrons. The van der Waals surface area contributed by atoms with Crippen LogP contribution in [-0.4, -0.2) is 29.6 Å². The van der Waals surface area contributed by atoms with Gasteiger partial charge in [0.1, 0.15) is 35.2 Å². The zero-order valence-electron chi connectivity index (χ0n) is 18.4. The maximum atomic E-state index is 15.5. The summed E-state index contributed by atoms with van der Waals surface area (Å²) in [6.07, 6.45) is 4.89. The third kappa shape index (κ3) is 4.49. The number of nitrogens with zero attached hydrogens (tertiary/aromatic N) is 4. The van der Waals surface area contributed by atoms with E-state index in [4.69, 9.17) is 11.6 Å². The lowest BCUT2D eigenvalue weighted by molar-refractivity contribution is 0.550. The fourth-order valence-corrected chi connectivity index (χ4v) is 5.58. The van der Waals surface area contributed by atoms with Gasteiger partial charge in [-0.3, -0.25) is 9.98 Å². The minimum atomic E-state index is -4.10. The van der Waals surface area contributed by atoms with Crippen LogP contribution >= 0.6 is 11.6 Å². The Balaban J connectivity index is 1.52. The summed E-state index contributed by atoms with van der Waals surface area (Å²) in [5, 5.41) is -0.375. The van der Waals surface area contributed by atoms with Crippen molar-refractivity contribution in [2.45, 2.75) is 23.5 Å². The van der Waals surface area contributed by atoms with E-state index in [9.17, 15) is 17.2 Å². The highest BCUT2D eigenvalue weighted by molar-refractivity contribution is 7.90. The molecule has 2 aromatic heterocycles. The SMILES string of the molecule is O=S(=O)(Cc1ccc(F)c(Cc2ncccc2-c2ncnc3c2N=CC3)c1F)c1ccc(F)c(Cl)c1. The molecule has 0 spiro atoms. The van der Waals surface area contributed by atoms with E-state index >= 15 is 4.39 Å². The first-order chi connectivity index (χ1) is 17.2. The van der Waals surface area contributed by atoms with E-state index < -0.39 is 33.0 Å². The van der Waals surface area contributed by atoms with E-state index in [1.807, 2.05) is 0 Å². The molecular weight excluding hydrogens is 513 g/mol. The van der Waals surface area contributed by atoms with Crippen molar-refractivity contribution in [3.8, 4) is 11.3 Å². The molecule has 1 aliphatic heterocycles. The van der Waals surface area contributed by atoms with Crippen LogP contribution in [-0.2, 0) is 28.4 Å². The third-order valence-electron chi connectivity index (χ3n) is 5.75. The minimum absolute atomic E-state index is 0.239. The molecule has 0 saturated heterocycles.